The minimum atomic E-state index is -2.28. The molecule has 1 aliphatic rings. The first kappa shape index (κ1) is 20.1. The predicted octanol–water partition coefficient (Wildman–Crippen LogP) is 0.486. The summed E-state index contributed by atoms with van der Waals surface area (Å²) in [6.07, 6.45) is -2.30. The normalized spacial score (nSPS) is 27.7. The second-order valence-electron chi connectivity index (χ2n) is 8.06. The third kappa shape index (κ3) is 3.80. The molecule has 142 valence electrons. The van der Waals surface area contributed by atoms with E-state index in [0.29, 0.717) is 5.56 Å². The lowest BCUT2D eigenvalue weighted by Crippen LogP contribution is -2.49. The van der Waals surface area contributed by atoms with Gasteiger partial charge in [-0.3, -0.25) is 14.3 Å². The summed E-state index contributed by atoms with van der Waals surface area (Å²) in [5.41, 5.74) is -0.771. The van der Waals surface area contributed by atoms with Gasteiger partial charge in [0.05, 0.1) is 6.61 Å². The third-order valence-electron chi connectivity index (χ3n) is 5.15. The summed E-state index contributed by atoms with van der Waals surface area (Å²) in [4.78, 5) is 26.1. The van der Waals surface area contributed by atoms with E-state index in [1.54, 1.807) is 6.92 Å². The molecule has 1 aromatic heterocycles. The maximum absolute atomic E-state index is 12.2. The number of H-pyrrole nitrogens is 1. The molecule has 8 nitrogen and oxygen atoms in total. The Kier molecular flexibility index (Phi) is 5.46. The van der Waals surface area contributed by atoms with E-state index in [-0.39, 0.29) is 5.04 Å². The second-order valence-corrected chi connectivity index (χ2v) is 12.8. The lowest BCUT2D eigenvalue weighted by Gasteiger charge is -2.40. The molecule has 0 saturated carbocycles. The Morgan fingerprint density at radius 2 is 1.96 bits per heavy atom. The van der Waals surface area contributed by atoms with Gasteiger partial charge in [-0.2, -0.15) is 0 Å². The first-order chi connectivity index (χ1) is 11.4. The zero-order chi connectivity index (χ0) is 19.2. The number of aromatic amines is 1. The Balaban J connectivity index is 2.46. The van der Waals surface area contributed by atoms with E-state index in [9.17, 15) is 19.8 Å². The topological polar surface area (TPSA) is 114 Å². The van der Waals surface area contributed by atoms with Crippen molar-refractivity contribution >= 4 is 8.32 Å². The van der Waals surface area contributed by atoms with Crippen molar-refractivity contribution in [2.24, 2.45) is 0 Å². The summed E-state index contributed by atoms with van der Waals surface area (Å²) < 4.78 is 13.2. The summed E-state index contributed by atoms with van der Waals surface area (Å²) in [6, 6.07) is 0. The highest BCUT2D eigenvalue weighted by Gasteiger charge is 2.50. The fraction of sp³-hybridized carbons (Fsp3) is 0.750. The maximum atomic E-state index is 12.2. The first-order valence-electron chi connectivity index (χ1n) is 8.33. The fourth-order valence-electron chi connectivity index (χ4n) is 2.51. The highest BCUT2D eigenvalue weighted by molar-refractivity contribution is 6.74. The summed E-state index contributed by atoms with van der Waals surface area (Å²) in [5, 5.41) is 19.9. The number of aryl methyl sites for hydroxylation is 1. The Bertz CT molecular complexity index is 735. The number of aliphatic hydroxyl groups excluding tert-OH is 2. The van der Waals surface area contributed by atoms with Gasteiger partial charge in [-0.1, -0.05) is 20.8 Å². The number of hydrogen-bond acceptors (Lipinski definition) is 6. The Morgan fingerprint density at radius 3 is 2.48 bits per heavy atom. The zero-order valence-electron chi connectivity index (χ0n) is 15.6. The van der Waals surface area contributed by atoms with Crippen LogP contribution in [0.5, 0.6) is 0 Å². The standard InChI is InChI=1S/C16H28N2O6Si/c1-9-7-18(15(22)17-13(9)21)14-12(11(20)10(8-19)23-14)24-25(5,6)16(2,3)4/h7,10-12,14,19-20H,8H2,1-6H3,(H,17,21,22)/t10-,11-,12-,14-/m1/s1. The van der Waals surface area contributed by atoms with Crippen LogP contribution in [0.25, 0.3) is 0 Å². The molecule has 3 N–H and O–H groups in total. The molecule has 1 aliphatic heterocycles. The maximum Gasteiger partial charge on any atom is 0.330 e. The SMILES string of the molecule is Cc1cn([C@@H]2O[C@H](CO)[C@@H](O)[C@H]2O[Si](C)(C)C(C)(C)C)c(=O)[nH]c1=O. The largest absolute Gasteiger partial charge is 0.407 e. The van der Waals surface area contributed by atoms with E-state index < -0.39 is 50.7 Å². The monoisotopic (exact) mass is 372 g/mol. The van der Waals surface area contributed by atoms with Gasteiger partial charge in [-0.15, -0.1) is 0 Å². The van der Waals surface area contributed by atoms with E-state index in [2.05, 4.69) is 25.8 Å². The molecule has 9 heteroatoms. The van der Waals surface area contributed by atoms with Crippen LogP contribution in [0.15, 0.2) is 15.8 Å². The average molecular weight is 372 g/mol. The van der Waals surface area contributed by atoms with Crippen LogP contribution in [0.4, 0.5) is 0 Å². The van der Waals surface area contributed by atoms with Crippen LogP contribution in [0.2, 0.25) is 18.1 Å². The molecule has 0 aliphatic carbocycles. The van der Waals surface area contributed by atoms with E-state index in [1.165, 1.54) is 10.8 Å². The molecular weight excluding hydrogens is 344 g/mol. The zero-order valence-corrected chi connectivity index (χ0v) is 16.6. The minimum absolute atomic E-state index is 0.111. The fourth-order valence-corrected chi connectivity index (χ4v) is 3.80. The van der Waals surface area contributed by atoms with Crippen LogP contribution in [0.1, 0.15) is 32.6 Å². The smallest absolute Gasteiger partial charge is 0.330 e. The van der Waals surface area contributed by atoms with Gasteiger partial charge < -0.3 is 19.4 Å². The van der Waals surface area contributed by atoms with Crippen molar-refractivity contribution in [2.75, 3.05) is 6.61 Å². The van der Waals surface area contributed by atoms with Crippen molar-refractivity contribution in [3.05, 3.63) is 32.6 Å². The Morgan fingerprint density at radius 1 is 1.36 bits per heavy atom. The van der Waals surface area contributed by atoms with Gasteiger partial charge in [0.1, 0.15) is 18.3 Å². The van der Waals surface area contributed by atoms with Gasteiger partial charge >= 0.3 is 5.69 Å². The third-order valence-corrected chi connectivity index (χ3v) is 9.62. The summed E-state index contributed by atoms with van der Waals surface area (Å²) >= 11 is 0. The predicted molar refractivity (Wildman–Crippen MR) is 95.1 cm³/mol. The highest BCUT2D eigenvalue weighted by atomic mass is 28.4. The van der Waals surface area contributed by atoms with Gasteiger partial charge in [0.25, 0.3) is 5.56 Å². The Hall–Kier alpha value is -1.26. The van der Waals surface area contributed by atoms with Crippen LogP contribution in [-0.4, -0.2) is 53.0 Å². The van der Waals surface area contributed by atoms with Crippen molar-refractivity contribution in [1.82, 2.24) is 9.55 Å². The van der Waals surface area contributed by atoms with Crippen LogP contribution < -0.4 is 11.2 Å². The molecular formula is C16H28N2O6Si. The summed E-state index contributed by atoms with van der Waals surface area (Å²) in [5.74, 6) is 0. The molecule has 25 heavy (non-hydrogen) atoms. The number of aliphatic hydroxyl groups is 2. The summed E-state index contributed by atoms with van der Waals surface area (Å²) in [6.45, 7) is 11.4. The minimum Gasteiger partial charge on any atom is -0.407 e. The number of hydrogen-bond donors (Lipinski definition) is 3. The lowest BCUT2D eigenvalue weighted by molar-refractivity contribution is -0.0535. The molecule has 0 bridgehead atoms. The van der Waals surface area contributed by atoms with Gasteiger partial charge in [-0.25, -0.2) is 4.79 Å². The number of nitrogens with one attached hydrogen (secondary N) is 1. The van der Waals surface area contributed by atoms with Gasteiger partial charge in [0, 0.05) is 11.8 Å². The highest BCUT2D eigenvalue weighted by Crippen LogP contribution is 2.41. The average Bonchev–Trinajstić information content (AvgIpc) is 2.78. The van der Waals surface area contributed by atoms with E-state index >= 15 is 0 Å². The van der Waals surface area contributed by atoms with Crippen molar-refractivity contribution in [2.45, 2.75) is 70.4 Å². The van der Waals surface area contributed by atoms with E-state index in [4.69, 9.17) is 9.16 Å². The van der Waals surface area contributed by atoms with Gasteiger partial charge in [0.2, 0.25) is 0 Å². The molecule has 0 aromatic carbocycles. The number of aromatic nitrogens is 2. The molecule has 2 rings (SSSR count). The van der Waals surface area contributed by atoms with Crippen LogP contribution in [0.3, 0.4) is 0 Å². The quantitative estimate of drug-likeness (QED) is 0.663. The van der Waals surface area contributed by atoms with Crippen molar-refractivity contribution in [3.8, 4) is 0 Å². The summed E-state index contributed by atoms with van der Waals surface area (Å²) in [7, 11) is -2.28. The van der Waals surface area contributed by atoms with Crippen LogP contribution >= 0.6 is 0 Å². The molecule has 0 radical (unpaired) electrons. The second kappa shape index (κ2) is 6.80. The van der Waals surface area contributed by atoms with Crippen molar-refractivity contribution < 1.29 is 19.4 Å². The van der Waals surface area contributed by atoms with Crippen LogP contribution in [0, 0.1) is 6.92 Å². The molecule has 0 amide bonds. The van der Waals surface area contributed by atoms with E-state index in [1.807, 2.05) is 13.1 Å². The van der Waals surface area contributed by atoms with Crippen LogP contribution in [-0.2, 0) is 9.16 Å². The lowest BCUT2D eigenvalue weighted by atomic mass is 10.1. The molecule has 0 unspecified atom stereocenters. The van der Waals surface area contributed by atoms with Crippen molar-refractivity contribution in [1.29, 1.82) is 0 Å². The van der Waals surface area contributed by atoms with Gasteiger partial charge in [0.15, 0.2) is 14.5 Å². The molecule has 1 fully saturated rings. The molecule has 0 spiro atoms. The molecule has 1 aromatic rings. The molecule has 1 saturated heterocycles. The Labute approximate surface area is 147 Å². The molecule has 4 atom stereocenters. The van der Waals surface area contributed by atoms with E-state index in [0.717, 1.165) is 0 Å². The first-order valence-corrected chi connectivity index (χ1v) is 11.2. The molecule has 2 heterocycles. The van der Waals surface area contributed by atoms with Crippen molar-refractivity contribution in [3.63, 3.8) is 0 Å². The number of ether oxygens (including phenoxy) is 1. The number of nitrogens with zero attached hydrogens (tertiary/aromatic N) is 1. The van der Waals surface area contributed by atoms with Gasteiger partial charge in [-0.05, 0) is 25.1 Å². The number of rotatable bonds is 4.